The zero-order valence-electron chi connectivity index (χ0n) is 14.1. The van der Waals surface area contributed by atoms with Crippen LogP contribution in [0.15, 0.2) is 41.8 Å². The Morgan fingerprint density at radius 2 is 2.12 bits per heavy atom. The Morgan fingerprint density at radius 3 is 2.85 bits per heavy atom. The van der Waals surface area contributed by atoms with Crippen LogP contribution in [0.5, 0.6) is 0 Å². The van der Waals surface area contributed by atoms with Crippen LogP contribution in [0.3, 0.4) is 0 Å². The predicted molar refractivity (Wildman–Crippen MR) is 108 cm³/mol. The van der Waals surface area contributed by atoms with Gasteiger partial charge in [-0.15, -0.1) is 34.4 Å². The van der Waals surface area contributed by atoms with E-state index in [2.05, 4.69) is 10.3 Å². The maximum absolute atomic E-state index is 12.3. The Morgan fingerprint density at radius 1 is 1.27 bits per heavy atom. The SMILES string of the molecule is COC(=O)CC(NC(=O)CSCc1nc2ccccc2s1)c1cccs1. The zero-order chi connectivity index (χ0) is 18.4. The second-order valence-corrected chi connectivity index (χ2v) is 8.56. The zero-order valence-corrected chi connectivity index (χ0v) is 16.6. The summed E-state index contributed by atoms with van der Waals surface area (Å²) < 4.78 is 5.89. The molecule has 2 heterocycles. The number of benzene rings is 1. The number of nitrogens with zero attached hydrogens (tertiary/aromatic N) is 1. The van der Waals surface area contributed by atoms with Crippen molar-refractivity contribution in [3.63, 3.8) is 0 Å². The van der Waals surface area contributed by atoms with Crippen LogP contribution in [-0.4, -0.2) is 29.7 Å². The van der Waals surface area contributed by atoms with Crippen LogP contribution < -0.4 is 5.32 Å². The largest absolute Gasteiger partial charge is 0.469 e. The summed E-state index contributed by atoms with van der Waals surface area (Å²) in [6.07, 6.45) is 0.130. The van der Waals surface area contributed by atoms with E-state index < -0.39 is 0 Å². The lowest BCUT2D eigenvalue weighted by Gasteiger charge is -2.16. The molecule has 0 saturated carbocycles. The summed E-state index contributed by atoms with van der Waals surface area (Å²) in [5.41, 5.74) is 0.994. The number of amides is 1. The number of carbonyl (C=O) groups is 2. The molecule has 1 N–H and O–H groups in total. The van der Waals surface area contributed by atoms with Crippen molar-refractivity contribution < 1.29 is 14.3 Å². The molecule has 0 fully saturated rings. The molecule has 0 aliphatic heterocycles. The van der Waals surface area contributed by atoms with Gasteiger partial charge in [0.25, 0.3) is 0 Å². The van der Waals surface area contributed by atoms with Crippen molar-refractivity contribution in [2.45, 2.75) is 18.2 Å². The highest BCUT2D eigenvalue weighted by Crippen LogP contribution is 2.25. The number of rotatable bonds is 8. The molecule has 0 aliphatic carbocycles. The van der Waals surface area contributed by atoms with E-state index in [0.717, 1.165) is 20.1 Å². The molecular formula is C18H18N2O3S3. The molecule has 0 spiro atoms. The first-order valence-corrected chi connectivity index (χ1v) is 10.8. The fourth-order valence-corrected chi connectivity index (χ4v) is 5.05. The minimum absolute atomic E-state index is 0.0987. The highest BCUT2D eigenvalue weighted by molar-refractivity contribution is 7.99. The molecule has 0 saturated heterocycles. The van der Waals surface area contributed by atoms with E-state index in [1.54, 1.807) is 11.3 Å². The van der Waals surface area contributed by atoms with Crippen LogP contribution >= 0.6 is 34.4 Å². The number of aromatic nitrogens is 1. The monoisotopic (exact) mass is 406 g/mol. The minimum atomic E-state index is -0.349. The highest BCUT2D eigenvalue weighted by Gasteiger charge is 2.19. The summed E-state index contributed by atoms with van der Waals surface area (Å²) in [7, 11) is 1.35. The third-order valence-corrected chi connectivity index (χ3v) is 6.77. The molecule has 0 aliphatic rings. The lowest BCUT2D eigenvalue weighted by atomic mass is 10.1. The number of para-hydroxylation sites is 1. The molecule has 1 aromatic carbocycles. The number of thiophene rings is 1. The fourth-order valence-electron chi connectivity index (χ4n) is 2.41. The van der Waals surface area contributed by atoms with E-state index >= 15 is 0 Å². The van der Waals surface area contributed by atoms with Gasteiger partial charge in [0.1, 0.15) is 5.01 Å². The standard InChI is InChI=1S/C18H18N2O3S3/c1-23-18(22)9-13(14-7-4-8-25-14)19-16(21)10-24-11-17-20-12-5-2-3-6-15(12)26-17/h2-8,13H,9-11H2,1H3,(H,19,21). The predicted octanol–water partition coefficient (Wildman–Crippen LogP) is 4.01. The van der Waals surface area contributed by atoms with Gasteiger partial charge in [-0.2, -0.15) is 0 Å². The number of ether oxygens (including phenoxy) is 1. The molecular weight excluding hydrogens is 388 g/mol. The number of fused-ring (bicyclic) bond motifs is 1. The Balaban J connectivity index is 1.52. The molecule has 8 heteroatoms. The van der Waals surface area contributed by atoms with E-state index in [1.165, 1.54) is 30.2 Å². The summed E-state index contributed by atoms with van der Waals surface area (Å²) >= 11 is 4.68. The van der Waals surface area contributed by atoms with Gasteiger partial charge in [0.15, 0.2) is 0 Å². The van der Waals surface area contributed by atoms with Crippen LogP contribution in [0.2, 0.25) is 0 Å². The van der Waals surface area contributed by atoms with Gasteiger partial charge in [0.2, 0.25) is 5.91 Å². The number of thioether (sulfide) groups is 1. The summed E-state index contributed by atoms with van der Waals surface area (Å²) in [5, 5.41) is 5.86. The minimum Gasteiger partial charge on any atom is -0.469 e. The third kappa shape index (κ3) is 5.06. The van der Waals surface area contributed by atoms with Crippen molar-refractivity contribution >= 4 is 56.5 Å². The van der Waals surface area contributed by atoms with Crippen LogP contribution in [-0.2, 0) is 20.1 Å². The smallest absolute Gasteiger partial charge is 0.307 e. The number of hydrogen-bond acceptors (Lipinski definition) is 7. The molecule has 2 aromatic heterocycles. The number of carbonyl (C=O) groups excluding carboxylic acids is 2. The third-order valence-electron chi connectivity index (χ3n) is 3.62. The Kier molecular flexibility index (Phi) is 6.65. The molecule has 136 valence electrons. The van der Waals surface area contributed by atoms with Crippen molar-refractivity contribution in [2.75, 3.05) is 12.9 Å². The van der Waals surface area contributed by atoms with Gasteiger partial charge in [-0.05, 0) is 23.6 Å². The molecule has 0 radical (unpaired) electrons. The summed E-state index contributed by atoms with van der Waals surface area (Å²) in [5.74, 6) is 0.566. The van der Waals surface area contributed by atoms with E-state index in [9.17, 15) is 9.59 Å². The lowest BCUT2D eigenvalue weighted by molar-refractivity contribution is -0.141. The van der Waals surface area contributed by atoms with Crippen molar-refractivity contribution in [3.05, 3.63) is 51.7 Å². The fraction of sp³-hybridized carbons (Fsp3) is 0.278. The summed E-state index contributed by atoms with van der Waals surface area (Å²) in [6.45, 7) is 0. The van der Waals surface area contributed by atoms with Gasteiger partial charge < -0.3 is 10.1 Å². The maximum Gasteiger partial charge on any atom is 0.307 e. The normalized spacial score (nSPS) is 12.0. The van der Waals surface area contributed by atoms with E-state index in [0.29, 0.717) is 11.5 Å². The number of esters is 1. The second-order valence-electron chi connectivity index (χ2n) is 5.48. The van der Waals surface area contributed by atoms with Crippen molar-refractivity contribution in [1.29, 1.82) is 0 Å². The van der Waals surface area contributed by atoms with Gasteiger partial charge in [0, 0.05) is 10.6 Å². The van der Waals surface area contributed by atoms with Crippen molar-refractivity contribution in [1.82, 2.24) is 10.3 Å². The Bertz CT molecular complexity index is 844. The van der Waals surface area contributed by atoms with Crippen molar-refractivity contribution in [3.8, 4) is 0 Å². The van der Waals surface area contributed by atoms with Crippen LogP contribution in [0.1, 0.15) is 22.3 Å². The molecule has 3 rings (SSSR count). The first-order chi connectivity index (χ1) is 12.7. The first kappa shape index (κ1) is 18.9. The first-order valence-electron chi connectivity index (χ1n) is 7.97. The lowest BCUT2D eigenvalue weighted by Crippen LogP contribution is -2.31. The summed E-state index contributed by atoms with van der Waals surface area (Å²) in [6, 6.07) is 11.5. The summed E-state index contributed by atoms with van der Waals surface area (Å²) in [4.78, 5) is 29.4. The van der Waals surface area contributed by atoms with Crippen LogP contribution in [0.25, 0.3) is 10.2 Å². The molecule has 3 aromatic rings. The topological polar surface area (TPSA) is 68.3 Å². The van der Waals surface area contributed by atoms with E-state index in [-0.39, 0.29) is 24.3 Å². The van der Waals surface area contributed by atoms with E-state index in [1.807, 2.05) is 41.8 Å². The Hall–Kier alpha value is -1.90. The average molecular weight is 407 g/mol. The van der Waals surface area contributed by atoms with Gasteiger partial charge in [0.05, 0.1) is 35.5 Å². The van der Waals surface area contributed by atoms with Crippen molar-refractivity contribution in [2.24, 2.45) is 0 Å². The van der Waals surface area contributed by atoms with E-state index in [4.69, 9.17) is 4.74 Å². The van der Waals surface area contributed by atoms with Gasteiger partial charge in [-0.25, -0.2) is 4.98 Å². The molecule has 26 heavy (non-hydrogen) atoms. The second kappa shape index (κ2) is 9.16. The number of methoxy groups -OCH3 is 1. The van der Waals surface area contributed by atoms with Crippen LogP contribution in [0.4, 0.5) is 0 Å². The number of thiazole rings is 1. The molecule has 1 amide bonds. The molecule has 5 nitrogen and oxygen atoms in total. The van der Waals surface area contributed by atoms with Gasteiger partial charge in [-0.3, -0.25) is 9.59 Å². The number of nitrogens with one attached hydrogen (secondary N) is 1. The Labute approximate surface area is 163 Å². The number of hydrogen-bond donors (Lipinski definition) is 1. The molecule has 1 atom stereocenters. The molecule has 1 unspecified atom stereocenters. The van der Waals surface area contributed by atoms with Crippen LogP contribution in [0, 0.1) is 0 Å². The molecule has 0 bridgehead atoms. The van der Waals surface area contributed by atoms with Gasteiger partial charge >= 0.3 is 5.97 Å². The quantitative estimate of drug-likeness (QED) is 0.573. The average Bonchev–Trinajstić information content (AvgIpc) is 3.30. The maximum atomic E-state index is 12.3. The van der Waals surface area contributed by atoms with Gasteiger partial charge in [-0.1, -0.05) is 18.2 Å². The highest BCUT2D eigenvalue weighted by atomic mass is 32.2.